The third-order valence-electron chi connectivity index (χ3n) is 5.34. The molecule has 2 N–H and O–H groups in total. The molecular formula is C21H31FN2O4. The van der Waals surface area contributed by atoms with Crippen LogP contribution in [-0.4, -0.2) is 53.7 Å². The highest BCUT2D eigenvalue weighted by Crippen LogP contribution is 2.30. The van der Waals surface area contributed by atoms with Crippen LogP contribution in [0.15, 0.2) is 24.3 Å². The summed E-state index contributed by atoms with van der Waals surface area (Å²) in [6.07, 6.45) is 0.562. The molecule has 6 nitrogen and oxygen atoms in total. The number of halogens is 1. The molecule has 7 heteroatoms. The lowest BCUT2D eigenvalue weighted by Gasteiger charge is -2.44. The molecule has 0 radical (unpaired) electrons. The highest BCUT2D eigenvalue weighted by atomic mass is 19.1. The highest BCUT2D eigenvalue weighted by molar-refractivity contribution is 5.70. The van der Waals surface area contributed by atoms with Gasteiger partial charge in [0.05, 0.1) is 12.0 Å². The van der Waals surface area contributed by atoms with E-state index >= 15 is 0 Å². The van der Waals surface area contributed by atoms with Crippen LogP contribution in [0.25, 0.3) is 0 Å². The van der Waals surface area contributed by atoms with Gasteiger partial charge in [-0.25, -0.2) is 4.39 Å². The quantitative estimate of drug-likeness (QED) is 0.547. The average molecular weight is 394 g/mol. The number of aliphatic hydroxyl groups is 1. The maximum atomic E-state index is 14.3. The van der Waals surface area contributed by atoms with Crippen LogP contribution in [0.3, 0.4) is 0 Å². The van der Waals surface area contributed by atoms with E-state index in [-0.39, 0.29) is 12.5 Å². The molecule has 1 aromatic carbocycles. The molecule has 3 atom stereocenters. The van der Waals surface area contributed by atoms with Crippen molar-refractivity contribution in [1.29, 1.82) is 0 Å². The summed E-state index contributed by atoms with van der Waals surface area (Å²) < 4.78 is 25.5. The number of nitrogens with one attached hydrogen (secondary N) is 1. The summed E-state index contributed by atoms with van der Waals surface area (Å²) >= 11 is 0. The molecule has 3 aliphatic heterocycles. The fourth-order valence-electron chi connectivity index (χ4n) is 3.99. The molecule has 0 amide bonds. The third-order valence-corrected chi connectivity index (χ3v) is 5.34. The lowest BCUT2D eigenvalue weighted by molar-refractivity contribution is -0.187. The SMILES string of the molecule is CC(C)(C)OC(O)NC(CC(=O)O[C@H]1CN2CCC1CC2)c1ccccc1F. The second-order valence-corrected chi connectivity index (χ2v) is 8.69. The van der Waals surface area contributed by atoms with Gasteiger partial charge in [-0.15, -0.1) is 0 Å². The van der Waals surface area contributed by atoms with Crippen LogP contribution in [-0.2, 0) is 14.3 Å². The van der Waals surface area contributed by atoms with Crippen molar-refractivity contribution < 1.29 is 23.8 Å². The minimum Gasteiger partial charge on any atom is -0.461 e. The van der Waals surface area contributed by atoms with Gasteiger partial charge in [0.1, 0.15) is 11.9 Å². The Balaban J connectivity index is 1.66. The van der Waals surface area contributed by atoms with Crippen LogP contribution in [0, 0.1) is 11.7 Å². The van der Waals surface area contributed by atoms with Gasteiger partial charge < -0.3 is 14.6 Å². The topological polar surface area (TPSA) is 71.0 Å². The normalized spacial score (nSPS) is 26.7. The van der Waals surface area contributed by atoms with Crippen molar-refractivity contribution in [2.45, 2.75) is 64.2 Å². The Hall–Kier alpha value is -1.54. The monoisotopic (exact) mass is 394 g/mol. The summed E-state index contributed by atoms with van der Waals surface area (Å²) in [6, 6.07) is 5.46. The Morgan fingerprint density at radius 1 is 1.32 bits per heavy atom. The fraction of sp³-hybridized carbons (Fsp3) is 0.667. The number of ether oxygens (including phenoxy) is 2. The third kappa shape index (κ3) is 5.73. The maximum absolute atomic E-state index is 14.3. The Kier molecular flexibility index (Phi) is 6.70. The molecular weight excluding hydrogens is 363 g/mol. The first-order chi connectivity index (χ1) is 13.2. The number of fused-ring (bicyclic) bond motifs is 3. The molecule has 3 aliphatic rings. The van der Waals surface area contributed by atoms with E-state index in [1.165, 1.54) is 6.07 Å². The minimum atomic E-state index is -1.34. The van der Waals surface area contributed by atoms with Crippen molar-refractivity contribution in [1.82, 2.24) is 10.2 Å². The number of carbonyl (C=O) groups is 1. The van der Waals surface area contributed by atoms with Gasteiger partial charge in [-0.3, -0.25) is 15.0 Å². The zero-order valence-corrected chi connectivity index (χ0v) is 16.9. The van der Waals surface area contributed by atoms with Crippen LogP contribution < -0.4 is 5.32 Å². The van der Waals surface area contributed by atoms with E-state index in [1.54, 1.807) is 39.0 Å². The molecule has 1 aromatic rings. The summed E-state index contributed by atoms with van der Waals surface area (Å²) in [5.74, 6) is -0.440. The van der Waals surface area contributed by atoms with E-state index in [2.05, 4.69) is 10.2 Å². The van der Waals surface area contributed by atoms with Crippen molar-refractivity contribution in [2.24, 2.45) is 5.92 Å². The summed E-state index contributed by atoms with van der Waals surface area (Å²) in [5.41, 5.74) is -0.299. The maximum Gasteiger partial charge on any atom is 0.308 e. The van der Waals surface area contributed by atoms with Gasteiger partial charge in [0.15, 0.2) is 0 Å². The molecule has 0 spiro atoms. The van der Waals surface area contributed by atoms with Crippen LogP contribution >= 0.6 is 0 Å². The molecule has 3 saturated heterocycles. The zero-order chi connectivity index (χ0) is 20.3. The van der Waals surface area contributed by atoms with Gasteiger partial charge in [0.25, 0.3) is 0 Å². The van der Waals surface area contributed by atoms with Gasteiger partial charge in [0, 0.05) is 18.2 Å². The van der Waals surface area contributed by atoms with E-state index in [0.717, 1.165) is 32.5 Å². The fourth-order valence-corrected chi connectivity index (χ4v) is 3.99. The van der Waals surface area contributed by atoms with E-state index in [0.29, 0.717) is 11.5 Å². The summed E-state index contributed by atoms with van der Waals surface area (Å²) in [7, 11) is 0. The largest absolute Gasteiger partial charge is 0.461 e. The molecule has 0 aliphatic carbocycles. The molecule has 2 unspecified atom stereocenters. The number of benzene rings is 1. The Bertz CT molecular complexity index is 671. The van der Waals surface area contributed by atoms with E-state index in [4.69, 9.17) is 9.47 Å². The predicted octanol–water partition coefficient (Wildman–Crippen LogP) is 2.57. The summed E-state index contributed by atoms with van der Waals surface area (Å²) in [4.78, 5) is 14.9. The van der Waals surface area contributed by atoms with Gasteiger partial charge in [-0.2, -0.15) is 0 Å². The lowest BCUT2D eigenvalue weighted by atomic mass is 9.86. The number of rotatable bonds is 7. The molecule has 3 fully saturated rings. The van der Waals surface area contributed by atoms with Crippen LogP contribution in [0.2, 0.25) is 0 Å². The molecule has 156 valence electrons. The first-order valence-electron chi connectivity index (χ1n) is 9.99. The van der Waals surface area contributed by atoms with Crippen molar-refractivity contribution in [2.75, 3.05) is 19.6 Å². The Morgan fingerprint density at radius 3 is 2.57 bits per heavy atom. The van der Waals surface area contributed by atoms with Gasteiger partial charge in [-0.1, -0.05) is 18.2 Å². The minimum absolute atomic E-state index is 0.0886. The number of esters is 1. The first kappa shape index (κ1) is 21.2. The Morgan fingerprint density at radius 2 is 2.00 bits per heavy atom. The molecule has 28 heavy (non-hydrogen) atoms. The lowest BCUT2D eigenvalue weighted by Crippen LogP contribution is -2.52. The number of aliphatic hydroxyl groups excluding tert-OH is 1. The van der Waals surface area contributed by atoms with E-state index in [1.807, 2.05) is 0 Å². The van der Waals surface area contributed by atoms with Crippen molar-refractivity contribution >= 4 is 5.97 Å². The van der Waals surface area contributed by atoms with Crippen molar-refractivity contribution in [3.05, 3.63) is 35.6 Å². The molecule has 0 saturated carbocycles. The first-order valence-corrected chi connectivity index (χ1v) is 9.99. The standard InChI is InChI=1S/C21H31FN2O4/c1-21(2,3)28-20(26)23-17(15-6-4-5-7-16(15)22)12-19(25)27-18-13-24-10-8-14(18)9-11-24/h4-7,14,17-18,20,23,26H,8-13H2,1-3H3/t17?,18-,20?/m0/s1. The number of nitrogens with zero attached hydrogens (tertiary/aromatic N) is 1. The number of carbonyl (C=O) groups excluding carboxylic acids is 1. The van der Waals surface area contributed by atoms with Gasteiger partial charge in [-0.05, 0) is 58.7 Å². The molecule has 0 aromatic heterocycles. The van der Waals surface area contributed by atoms with Gasteiger partial charge >= 0.3 is 5.97 Å². The van der Waals surface area contributed by atoms with Crippen molar-refractivity contribution in [3.8, 4) is 0 Å². The number of hydrogen-bond acceptors (Lipinski definition) is 6. The van der Waals surface area contributed by atoms with Crippen LogP contribution in [0.5, 0.6) is 0 Å². The summed E-state index contributed by atoms with van der Waals surface area (Å²) in [6.45, 7) is 8.31. The molecule has 4 rings (SSSR count). The zero-order valence-electron chi connectivity index (χ0n) is 16.9. The predicted molar refractivity (Wildman–Crippen MR) is 103 cm³/mol. The van der Waals surface area contributed by atoms with Crippen molar-refractivity contribution in [3.63, 3.8) is 0 Å². The average Bonchev–Trinajstić information content (AvgIpc) is 2.61. The number of hydrogen-bond donors (Lipinski definition) is 2. The van der Waals surface area contributed by atoms with E-state index < -0.39 is 29.8 Å². The van der Waals surface area contributed by atoms with Crippen LogP contribution in [0.4, 0.5) is 4.39 Å². The summed E-state index contributed by atoms with van der Waals surface area (Å²) in [5, 5.41) is 13.0. The smallest absolute Gasteiger partial charge is 0.308 e. The number of piperidine rings is 3. The second-order valence-electron chi connectivity index (χ2n) is 8.69. The second kappa shape index (κ2) is 8.86. The Labute approximate surface area is 166 Å². The molecule has 3 heterocycles. The highest BCUT2D eigenvalue weighted by Gasteiger charge is 2.37. The van der Waals surface area contributed by atoms with E-state index in [9.17, 15) is 14.3 Å². The van der Waals surface area contributed by atoms with Gasteiger partial charge in [0.2, 0.25) is 6.41 Å². The molecule has 2 bridgehead atoms. The van der Waals surface area contributed by atoms with Crippen LogP contribution in [0.1, 0.15) is 51.6 Å².